The van der Waals surface area contributed by atoms with E-state index in [1.165, 1.54) is 11.1 Å². The monoisotopic (exact) mass is 250 g/mol. The van der Waals surface area contributed by atoms with E-state index in [0.717, 1.165) is 15.8 Å². The highest BCUT2D eigenvalue weighted by atomic mass is 32.2. The highest BCUT2D eigenvalue weighted by Gasteiger charge is 2.00. The number of thioether (sulfide) groups is 1. The summed E-state index contributed by atoms with van der Waals surface area (Å²) in [5, 5.41) is 2.08. The molecular formula is C12H14N2S2. The maximum absolute atomic E-state index is 5.55. The molecule has 1 aromatic carbocycles. The van der Waals surface area contributed by atoms with E-state index < -0.39 is 0 Å². The molecule has 0 aliphatic carbocycles. The number of nitrogens with zero attached hydrogens (tertiary/aromatic N) is 1. The van der Waals surface area contributed by atoms with Crippen molar-refractivity contribution in [2.24, 2.45) is 5.73 Å². The van der Waals surface area contributed by atoms with E-state index in [2.05, 4.69) is 34.6 Å². The molecular weight excluding hydrogens is 236 g/mol. The molecule has 0 spiro atoms. The molecule has 2 nitrogen and oxygen atoms in total. The van der Waals surface area contributed by atoms with Crippen LogP contribution in [0.1, 0.15) is 16.8 Å². The van der Waals surface area contributed by atoms with Crippen molar-refractivity contribution in [3.63, 3.8) is 0 Å². The fourth-order valence-electron chi connectivity index (χ4n) is 1.32. The predicted molar refractivity (Wildman–Crippen MR) is 70.7 cm³/mol. The summed E-state index contributed by atoms with van der Waals surface area (Å²) in [6.07, 6.45) is 0. The van der Waals surface area contributed by atoms with Crippen LogP contribution in [-0.2, 0) is 12.3 Å². The van der Waals surface area contributed by atoms with Crippen molar-refractivity contribution in [1.82, 2.24) is 4.98 Å². The third kappa shape index (κ3) is 3.07. The third-order valence-corrected chi connectivity index (χ3v) is 4.43. The highest BCUT2D eigenvalue weighted by Crippen LogP contribution is 2.25. The van der Waals surface area contributed by atoms with Crippen molar-refractivity contribution >= 4 is 23.1 Å². The van der Waals surface area contributed by atoms with Crippen LogP contribution in [0.15, 0.2) is 34.0 Å². The van der Waals surface area contributed by atoms with Gasteiger partial charge in [-0.05, 0) is 18.1 Å². The summed E-state index contributed by atoms with van der Waals surface area (Å²) < 4.78 is 1.14. The molecule has 0 saturated heterocycles. The Hall–Kier alpha value is -0.840. The first-order valence-corrected chi connectivity index (χ1v) is 6.97. The van der Waals surface area contributed by atoms with E-state index in [-0.39, 0.29) is 0 Å². The fourth-order valence-corrected chi connectivity index (χ4v) is 3.12. The lowest BCUT2D eigenvalue weighted by Gasteiger charge is -2.00. The minimum Gasteiger partial charge on any atom is -0.326 e. The van der Waals surface area contributed by atoms with Gasteiger partial charge >= 0.3 is 0 Å². The van der Waals surface area contributed by atoms with Gasteiger partial charge in [0.05, 0.1) is 0 Å². The Labute approximate surface area is 104 Å². The van der Waals surface area contributed by atoms with Crippen LogP contribution < -0.4 is 5.73 Å². The molecule has 2 N–H and O–H groups in total. The summed E-state index contributed by atoms with van der Waals surface area (Å²) in [5.74, 6) is 0.970. The molecule has 0 aliphatic heterocycles. The number of aryl methyl sites for hydroxylation is 1. The standard InChI is InChI=1S/C12H14N2S2/c1-9-7-15-12(14-9)16-8-11-4-2-10(6-13)3-5-11/h2-5,7H,6,8,13H2,1H3. The quantitative estimate of drug-likeness (QED) is 0.847. The molecule has 16 heavy (non-hydrogen) atoms. The summed E-state index contributed by atoms with van der Waals surface area (Å²) in [5.41, 5.74) is 9.15. The molecule has 0 bridgehead atoms. The summed E-state index contributed by atoms with van der Waals surface area (Å²) in [6, 6.07) is 8.44. The Kier molecular flexibility index (Phi) is 3.98. The summed E-state index contributed by atoms with van der Waals surface area (Å²) in [7, 11) is 0. The van der Waals surface area contributed by atoms with Gasteiger partial charge < -0.3 is 5.73 Å². The van der Waals surface area contributed by atoms with Crippen molar-refractivity contribution in [3.05, 3.63) is 46.5 Å². The van der Waals surface area contributed by atoms with Crippen LogP contribution in [0.4, 0.5) is 0 Å². The molecule has 2 aromatic rings. The van der Waals surface area contributed by atoms with Gasteiger partial charge in [-0.15, -0.1) is 11.3 Å². The summed E-state index contributed by atoms with van der Waals surface area (Å²) in [6.45, 7) is 2.63. The summed E-state index contributed by atoms with van der Waals surface area (Å²) in [4.78, 5) is 4.42. The van der Waals surface area contributed by atoms with Gasteiger partial charge in [0.2, 0.25) is 0 Å². The van der Waals surface area contributed by atoms with Crippen molar-refractivity contribution in [3.8, 4) is 0 Å². The number of aromatic nitrogens is 1. The molecule has 0 unspecified atom stereocenters. The Morgan fingerprint density at radius 3 is 2.50 bits per heavy atom. The number of rotatable bonds is 4. The van der Waals surface area contributed by atoms with Gasteiger partial charge in [-0.25, -0.2) is 4.98 Å². The van der Waals surface area contributed by atoms with Crippen LogP contribution in [0.3, 0.4) is 0 Å². The van der Waals surface area contributed by atoms with Gasteiger partial charge in [0, 0.05) is 23.4 Å². The van der Waals surface area contributed by atoms with Crippen LogP contribution in [0.5, 0.6) is 0 Å². The maximum Gasteiger partial charge on any atom is 0.150 e. The van der Waals surface area contributed by atoms with Crippen LogP contribution in [0.25, 0.3) is 0 Å². The van der Waals surface area contributed by atoms with E-state index in [1.54, 1.807) is 23.1 Å². The van der Waals surface area contributed by atoms with E-state index in [0.29, 0.717) is 6.54 Å². The topological polar surface area (TPSA) is 38.9 Å². The highest BCUT2D eigenvalue weighted by molar-refractivity contribution is 8.00. The maximum atomic E-state index is 5.55. The van der Waals surface area contributed by atoms with Crippen molar-refractivity contribution < 1.29 is 0 Å². The first kappa shape index (κ1) is 11.6. The second-order valence-electron chi connectivity index (χ2n) is 3.56. The Bertz CT molecular complexity index is 448. The second-order valence-corrected chi connectivity index (χ2v) is 5.64. The first-order chi connectivity index (χ1) is 7.78. The van der Waals surface area contributed by atoms with Crippen LogP contribution in [-0.4, -0.2) is 4.98 Å². The van der Waals surface area contributed by atoms with Crippen molar-refractivity contribution in [2.75, 3.05) is 0 Å². The SMILES string of the molecule is Cc1csc(SCc2ccc(CN)cc2)n1. The number of nitrogens with two attached hydrogens (primary N) is 1. The average Bonchev–Trinajstić information content (AvgIpc) is 2.73. The van der Waals surface area contributed by atoms with Crippen LogP contribution in [0.2, 0.25) is 0 Å². The largest absolute Gasteiger partial charge is 0.326 e. The minimum absolute atomic E-state index is 0.610. The molecule has 1 heterocycles. The number of thiazole rings is 1. The molecule has 0 saturated carbocycles. The van der Waals surface area contributed by atoms with Gasteiger partial charge in [-0.3, -0.25) is 0 Å². The molecule has 0 radical (unpaired) electrons. The number of hydrogen-bond acceptors (Lipinski definition) is 4. The number of benzene rings is 1. The molecule has 84 valence electrons. The van der Waals surface area contributed by atoms with E-state index in [9.17, 15) is 0 Å². The molecule has 1 aromatic heterocycles. The van der Waals surface area contributed by atoms with Gasteiger partial charge in [0.25, 0.3) is 0 Å². The lowest BCUT2D eigenvalue weighted by Crippen LogP contribution is -1.95. The molecule has 0 aliphatic rings. The van der Waals surface area contributed by atoms with Crippen molar-refractivity contribution in [1.29, 1.82) is 0 Å². The zero-order chi connectivity index (χ0) is 11.4. The molecule has 4 heteroatoms. The van der Waals surface area contributed by atoms with Crippen LogP contribution in [0, 0.1) is 6.92 Å². The zero-order valence-corrected chi connectivity index (χ0v) is 10.8. The van der Waals surface area contributed by atoms with E-state index in [4.69, 9.17) is 5.73 Å². The molecule has 2 rings (SSSR count). The van der Waals surface area contributed by atoms with Crippen LogP contribution >= 0.6 is 23.1 Å². The minimum atomic E-state index is 0.610. The van der Waals surface area contributed by atoms with Gasteiger partial charge in [-0.2, -0.15) is 0 Å². The molecule has 0 amide bonds. The predicted octanol–water partition coefficient (Wildman–Crippen LogP) is 3.20. The van der Waals surface area contributed by atoms with Crippen molar-refractivity contribution in [2.45, 2.75) is 23.6 Å². The van der Waals surface area contributed by atoms with E-state index in [1.807, 2.05) is 6.92 Å². The fraction of sp³-hybridized carbons (Fsp3) is 0.250. The lowest BCUT2D eigenvalue weighted by molar-refractivity contribution is 1.07. The Morgan fingerprint density at radius 1 is 1.25 bits per heavy atom. The van der Waals surface area contributed by atoms with E-state index >= 15 is 0 Å². The lowest BCUT2D eigenvalue weighted by atomic mass is 10.1. The zero-order valence-electron chi connectivity index (χ0n) is 9.14. The third-order valence-electron chi connectivity index (χ3n) is 2.22. The van der Waals surface area contributed by atoms with Gasteiger partial charge in [-0.1, -0.05) is 36.0 Å². The molecule has 0 atom stereocenters. The van der Waals surface area contributed by atoms with Gasteiger partial charge in [0.15, 0.2) is 0 Å². The van der Waals surface area contributed by atoms with Gasteiger partial charge in [0.1, 0.15) is 4.34 Å². The molecule has 0 fully saturated rings. The Balaban J connectivity index is 1.94. The summed E-state index contributed by atoms with van der Waals surface area (Å²) >= 11 is 3.49. The second kappa shape index (κ2) is 5.48. The average molecular weight is 250 g/mol. The Morgan fingerprint density at radius 2 is 1.94 bits per heavy atom. The number of hydrogen-bond donors (Lipinski definition) is 1. The smallest absolute Gasteiger partial charge is 0.150 e. The first-order valence-electron chi connectivity index (χ1n) is 5.11. The normalized spacial score (nSPS) is 10.6.